The van der Waals surface area contributed by atoms with Crippen LogP contribution in [0.2, 0.25) is 0 Å². The molecule has 1 aromatic rings. The molecular formula is C11H15N3O. The minimum Gasteiger partial charge on any atom is -0.399 e. The Balaban J connectivity index is 2.18. The summed E-state index contributed by atoms with van der Waals surface area (Å²) < 4.78 is 0. The van der Waals surface area contributed by atoms with E-state index in [1.807, 2.05) is 24.3 Å². The molecule has 1 saturated heterocycles. The maximum absolute atomic E-state index is 11.6. The van der Waals surface area contributed by atoms with Gasteiger partial charge in [0.1, 0.15) is 0 Å². The summed E-state index contributed by atoms with van der Waals surface area (Å²) in [6, 6.07) is 7.59. The molecule has 0 spiro atoms. The van der Waals surface area contributed by atoms with Gasteiger partial charge >= 0.3 is 6.03 Å². The average molecular weight is 205 g/mol. The number of anilines is 2. The van der Waals surface area contributed by atoms with E-state index in [9.17, 15) is 4.79 Å². The minimum atomic E-state index is -0.0216. The van der Waals surface area contributed by atoms with Crippen LogP contribution in [0.3, 0.4) is 0 Å². The molecule has 1 aliphatic rings. The third-order valence-corrected chi connectivity index (χ3v) is 2.67. The van der Waals surface area contributed by atoms with Crippen molar-refractivity contribution in [3.63, 3.8) is 0 Å². The molecule has 1 heterocycles. The molecule has 2 rings (SSSR count). The number of nitrogens with one attached hydrogen (secondary N) is 1. The molecule has 0 aromatic heterocycles. The Morgan fingerprint density at radius 2 is 2.13 bits per heavy atom. The number of carbonyl (C=O) groups is 1. The van der Waals surface area contributed by atoms with Crippen LogP contribution in [0.5, 0.6) is 0 Å². The summed E-state index contributed by atoms with van der Waals surface area (Å²) in [5.41, 5.74) is 7.21. The third-order valence-electron chi connectivity index (χ3n) is 2.67. The highest BCUT2D eigenvalue weighted by Crippen LogP contribution is 2.20. The summed E-state index contributed by atoms with van der Waals surface area (Å²) >= 11 is 0. The lowest BCUT2D eigenvalue weighted by Crippen LogP contribution is -2.28. The van der Waals surface area contributed by atoms with E-state index in [-0.39, 0.29) is 12.1 Å². The van der Waals surface area contributed by atoms with Gasteiger partial charge in [-0.3, -0.25) is 4.90 Å². The van der Waals surface area contributed by atoms with Crippen molar-refractivity contribution in [2.75, 3.05) is 17.2 Å². The SMILES string of the molecule is CCC1CN(c2ccc(N)cc2)C(=O)N1. The molecule has 1 unspecified atom stereocenters. The Hall–Kier alpha value is -1.71. The molecule has 80 valence electrons. The van der Waals surface area contributed by atoms with Crippen LogP contribution in [-0.4, -0.2) is 18.6 Å². The fourth-order valence-electron chi connectivity index (χ4n) is 1.71. The van der Waals surface area contributed by atoms with Gasteiger partial charge in [0.2, 0.25) is 0 Å². The average Bonchev–Trinajstić information content (AvgIpc) is 2.61. The highest BCUT2D eigenvalue weighted by molar-refractivity contribution is 5.94. The number of nitrogens with two attached hydrogens (primary N) is 1. The Bertz CT molecular complexity index is 361. The van der Waals surface area contributed by atoms with Gasteiger partial charge in [0.15, 0.2) is 0 Å². The van der Waals surface area contributed by atoms with Crippen LogP contribution < -0.4 is 16.0 Å². The van der Waals surface area contributed by atoms with Crippen molar-refractivity contribution in [3.05, 3.63) is 24.3 Å². The Morgan fingerprint density at radius 1 is 1.47 bits per heavy atom. The van der Waals surface area contributed by atoms with Gasteiger partial charge in [0.25, 0.3) is 0 Å². The Labute approximate surface area is 89.1 Å². The molecule has 0 aliphatic carbocycles. The number of benzene rings is 1. The molecule has 1 fully saturated rings. The van der Waals surface area contributed by atoms with E-state index in [1.54, 1.807) is 4.90 Å². The first-order valence-electron chi connectivity index (χ1n) is 5.14. The summed E-state index contributed by atoms with van der Waals surface area (Å²) in [7, 11) is 0. The van der Waals surface area contributed by atoms with Crippen LogP contribution in [0.1, 0.15) is 13.3 Å². The molecule has 3 N–H and O–H groups in total. The Morgan fingerprint density at radius 3 is 2.67 bits per heavy atom. The van der Waals surface area contributed by atoms with Gasteiger partial charge in [-0.05, 0) is 30.7 Å². The number of carbonyl (C=O) groups excluding carboxylic acids is 1. The maximum Gasteiger partial charge on any atom is 0.322 e. The molecule has 1 atom stereocenters. The normalized spacial score (nSPS) is 20.5. The van der Waals surface area contributed by atoms with Crippen molar-refractivity contribution in [2.45, 2.75) is 19.4 Å². The van der Waals surface area contributed by atoms with Crippen molar-refractivity contribution in [1.29, 1.82) is 0 Å². The largest absolute Gasteiger partial charge is 0.399 e. The second-order valence-electron chi connectivity index (χ2n) is 3.76. The lowest BCUT2D eigenvalue weighted by molar-refractivity contribution is 0.250. The van der Waals surface area contributed by atoms with Crippen LogP contribution in [0.4, 0.5) is 16.2 Å². The zero-order valence-electron chi connectivity index (χ0n) is 8.73. The molecular weight excluding hydrogens is 190 g/mol. The van der Waals surface area contributed by atoms with Crippen LogP contribution in [0.15, 0.2) is 24.3 Å². The summed E-state index contributed by atoms with van der Waals surface area (Å²) in [4.78, 5) is 13.4. The first-order chi connectivity index (χ1) is 7.20. The maximum atomic E-state index is 11.6. The van der Waals surface area contributed by atoms with Crippen LogP contribution in [0, 0.1) is 0 Å². The summed E-state index contributed by atoms with van der Waals surface area (Å²) in [5.74, 6) is 0. The summed E-state index contributed by atoms with van der Waals surface area (Å²) in [5, 5.41) is 2.92. The van der Waals surface area contributed by atoms with Gasteiger partial charge in [-0.15, -0.1) is 0 Å². The van der Waals surface area contributed by atoms with Gasteiger partial charge < -0.3 is 11.1 Å². The predicted molar refractivity (Wildman–Crippen MR) is 60.8 cm³/mol. The third kappa shape index (κ3) is 1.88. The lowest BCUT2D eigenvalue weighted by atomic mass is 10.2. The van der Waals surface area contributed by atoms with Crippen molar-refractivity contribution in [1.82, 2.24) is 5.32 Å². The fraction of sp³-hybridized carbons (Fsp3) is 0.364. The molecule has 0 radical (unpaired) electrons. The first kappa shape index (κ1) is 9.83. The quantitative estimate of drug-likeness (QED) is 0.720. The topological polar surface area (TPSA) is 58.4 Å². The standard InChI is InChI=1S/C11H15N3O/c1-2-9-7-14(11(15)13-9)10-5-3-8(12)4-6-10/h3-6,9H,2,7,12H2,1H3,(H,13,15). The second-order valence-corrected chi connectivity index (χ2v) is 3.76. The number of hydrogen-bond donors (Lipinski definition) is 2. The van der Waals surface area contributed by atoms with E-state index in [0.29, 0.717) is 5.69 Å². The highest BCUT2D eigenvalue weighted by atomic mass is 16.2. The lowest BCUT2D eigenvalue weighted by Gasteiger charge is -2.14. The predicted octanol–water partition coefficient (Wildman–Crippen LogP) is 1.58. The first-order valence-corrected chi connectivity index (χ1v) is 5.14. The molecule has 4 heteroatoms. The van der Waals surface area contributed by atoms with Crippen LogP contribution in [0.25, 0.3) is 0 Å². The van der Waals surface area contributed by atoms with E-state index in [2.05, 4.69) is 12.2 Å². The van der Waals surface area contributed by atoms with E-state index >= 15 is 0 Å². The fourth-order valence-corrected chi connectivity index (χ4v) is 1.71. The monoisotopic (exact) mass is 205 g/mol. The number of urea groups is 1. The Kier molecular flexibility index (Phi) is 2.49. The molecule has 1 aromatic carbocycles. The molecule has 0 bridgehead atoms. The number of hydrogen-bond acceptors (Lipinski definition) is 2. The zero-order valence-corrected chi connectivity index (χ0v) is 8.73. The summed E-state index contributed by atoms with van der Waals surface area (Å²) in [6.07, 6.45) is 0.956. The van der Waals surface area contributed by atoms with Gasteiger partial charge in [-0.2, -0.15) is 0 Å². The van der Waals surface area contributed by atoms with Gasteiger partial charge in [0.05, 0.1) is 0 Å². The zero-order chi connectivity index (χ0) is 10.8. The van der Waals surface area contributed by atoms with Crippen LogP contribution in [-0.2, 0) is 0 Å². The van der Waals surface area contributed by atoms with E-state index in [1.165, 1.54) is 0 Å². The minimum absolute atomic E-state index is 0.0216. The van der Waals surface area contributed by atoms with Crippen LogP contribution >= 0.6 is 0 Å². The number of nitrogens with zero attached hydrogens (tertiary/aromatic N) is 1. The van der Waals surface area contributed by atoms with E-state index < -0.39 is 0 Å². The van der Waals surface area contributed by atoms with E-state index in [0.717, 1.165) is 18.7 Å². The van der Waals surface area contributed by atoms with E-state index in [4.69, 9.17) is 5.73 Å². The number of amides is 2. The number of nitrogen functional groups attached to an aromatic ring is 1. The van der Waals surface area contributed by atoms with Crippen molar-refractivity contribution in [2.24, 2.45) is 0 Å². The highest BCUT2D eigenvalue weighted by Gasteiger charge is 2.28. The smallest absolute Gasteiger partial charge is 0.322 e. The summed E-state index contributed by atoms with van der Waals surface area (Å²) in [6.45, 7) is 2.80. The molecule has 4 nitrogen and oxygen atoms in total. The molecule has 0 saturated carbocycles. The van der Waals surface area contributed by atoms with Crippen molar-refractivity contribution in [3.8, 4) is 0 Å². The number of rotatable bonds is 2. The van der Waals surface area contributed by atoms with Gasteiger partial charge in [-0.1, -0.05) is 6.92 Å². The van der Waals surface area contributed by atoms with Crippen molar-refractivity contribution < 1.29 is 4.79 Å². The van der Waals surface area contributed by atoms with Crippen molar-refractivity contribution >= 4 is 17.4 Å². The van der Waals surface area contributed by atoms with Gasteiger partial charge in [-0.25, -0.2) is 4.79 Å². The molecule has 2 amide bonds. The second kappa shape index (κ2) is 3.81. The molecule has 15 heavy (non-hydrogen) atoms. The van der Waals surface area contributed by atoms with Gasteiger partial charge in [0, 0.05) is 24.0 Å². The molecule has 1 aliphatic heterocycles.